The lowest BCUT2D eigenvalue weighted by Gasteiger charge is -2.05. The van der Waals surface area contributed by atoms with Crippen LogP contribution in [0.5, 0.6) is 0 Å². The van der Waals surface area contributed by atoms with E-state index in [9.17, 15) is 4.79 Å². The summed E-state index contributed by atoms with van der Waals surface area (Å²) in [7, 11) is 0. The lowest BCUT2D eigenvalue weighted by Crippen LogP contribution is -2.08. The van der Waals surface area contributed by atoms with Gasteiger partial charge in [0.05, 0.1) is 16.6 Å². The number of nitrogens with zero attached hydrogens (tertiary/aromatic N) is 4. The maximum absolute atomic E-state index is 12.5. The van der Waals surface area contributed by atoms with Crippen molar-refractivity contribution in [2.24, 2.45) is 0 Å². The van der Waals surface area contributed by atoms with E-state index < -0.39 is 5.97 Å². The highest BCUT2D eigenvalue weighted by molar-refractivity contribution is 6.03. The van der Waals surface area contributed by atoms with Gasteiger partial charge >= 0.3 is 5.97 Å². The van der Waals surface area contributed by atoms with Gasteiger partial charge in [-0.25, -0.2) is 9.78 Å². The number of hydrogen-bond donors (Lipinski definition) is 0. The van der Waals surface area contributed by atoms with Crippen molar-refractivity contribution in [3.05, 3.63) is 34.8 Å². The number of carbonyl (C=O) groups excluding carboxylic acids is 1. The molecule has 0 aromatic carbocycles. The van der Waals surface area contributed by atoms with Crippen molar-refractivity contribution in [2.45, 2.75) is 39.2 Å². The molecule has 3 aromatic rings. The average molecular weight is 314 g/mol. The van der Waals surface area contributed by atoms with Gasteiger partial charge in [-0.3, -0.25) is 0 Å². The van der Waals surface area contributed by atoms with Crippen LogP contribution in [-0.4, -0.2) is 26.3 Å². The summed E-state index contributed by atoms with van der Waals surface area (Å²) in [5.74, 6) is 0.579. The van der Waals surface area contributed by atoms with Crippen molar-refractivity contribution >= 4 is 17.1 Å². The maximum Gasteiger partial charge on any atom is 0.339 e. The first kappa shape index (κ1) is 13.9. The summed E-state index contributed by atoms with van der Waals surface area (Å²) in [4.78, 5) is 16.9. The molecule has 0 N–H and O–H groups in total. The van der Waals surface area contributed by atoms with E-state index in [1.807, 2.05) is 0 Å². The van der Waals surface area contributed by atoms with Gasteiger partial charge < -0.3 is 13.7 Å². The van der Waals surface area contributed by atoms with E-state index in [0.29, 0.717) is 34.2 Å². The minimum atomic E-state index is -0.485. The fraction of sp³-hybridized carbons (Fsp3) is 0.400. The SMILES string of the molecule is Cc1nnc(COC(=O)c2cc(C3CC3)nc3onc(C)c23)o1. The van der Waals surface area contributed by atoms with Gasteiger partial charge in [-0.1, -0.05) is 5.16 Å². The second-order valence-corrected chi connectivity index (χ2v) is 5.61. The summed E-state index contributed by atoms with van der Waals surface area (Å²) >= 11 is 0. The van der Waals surface area contributed by atoms with Crippen LogP contribution in [0.2, 0.25) is 0 Å². The number of ether oxygens (including phenoxy) is 1. The van der Waals surface area contributed by atoms with Crippen LogP contribution in [0.4, 0.5) is 0 Å². The van der Waals surface area contributed by atoms with Gasteiger partial charge in [0.15, 0.2) is 6.61 Å². The molecule has 118 valence electrons. The molecule has 3 heterocycles. The summed E-state index contributed by atoms with van der Waals surface area (Å²) in [6, 6.07) is 1.77. The van der Waals surface area contributed by atoms with Crippen molar-refractivity contribution in [3.63, 3.8) is 0 Å². The third-order valence-corrected chi connectivity index (χ3v) is 3.75. The zero-order valence-electron chi connectivity index (χ0n) is 12.7. The van der Waals surface area contributed by atoms with Gasteiger partial charge in [-0.05, 0) is 25.8 Å². The van der Waals surface area contributed by atoms with E-state index in [-0.39, 0.29) is 12.5 Å². The monoisotopic (exact) mass is 314 g/mol. The lowest BCUT2D eigenvalue weighted by atomic mass is 10.1. The Kier molecular flexibility index (Phi) is 3.10. The second kappa shape index (κ2) is 5.15. The van der Waals surface area contributed by atoms with Crippen molar-refractivity contribution < 1.29 is 18.5 Å². The molecule has 8 nitrogen and oxygen atoms in total. The summed E-state index contributed by atoms with van der Waals surface area (Å²) < 4.78 is 15.7. The third-order valence-electron chi connectivity index (χ3n) is 3.75. The number of aryl methyl sites for hydroxylation is 2. The number of aromatic nitrogens is 4. The van der Waals surface area contributed by atoms with Crippen LogP contribution in [0.25, 0.3) is 11.1 Å². The Hall–Kier alpha value is -2.77. The summed E-state index contributed by atoms with van der Waals surface area (Å²) in [6.45, 7) is 3.36. The van der Waals surface area contributed by atoms with Crippen LogP contribution >= 0.6 is 0 Å². The molecule has 0 spiro atoms. The fourth-order valence-electron chi connectivity index (χ4n) is 2.46. The van der Waals surface area contributed by atoms with Crippen LogP contribution in [0, 0.1) is 13.8 Å². The van der Waals surface area contributed by atoms with Gasteiger partial charge in [0.2, 0.25) is 5.89 Å². The highest BCUT2D eigenvalue weighted by atomic mass is 16.5. The Labute approximate surface area is 130 Å². The van der Waals surface area contributed by atoms with Crippen LogP contribution in [0.1, 0.15) is 52.3 Å². The Morgan fingerprint density at radius 3 is 2.87 bits per heavy atom. The predicted octanol–water partition coefficient (Wildman–Crippen LogP) is 2.46. The fourth-order valence-corrected chi connectivity index (χ4v) is 2.46. The molecule has 1 fully saturated rings. The van der Waals surface area contributed by atoms with Crippen molar-refractivity contribution in [1.29, 1.82) is 0 Å². The molecule has 0 saturated heterocycles. The van der Waals surface area contributed by atoms with E-state index in [1.165, 1.54) is 0 Å². The first-order chi connectivity index (χ1) is 11.1. The number of pyridine rings is 1. The summed E-state index contributed by atoms with van der Waals surface area (Å²) in [5, 5.41) is 12.0. The molecule has 0 radical (unpaired) electrons. The van der Waals surface area contributed by atoms with E-state index >= 15 is 0 Å². The zero-order chi connectivity index (χ0) is 16.0. The van der Waals surface area contributed by atoms with Gasteiger partial charge in [-0.15, -0.1) is 10.2 Å². The molecule has 4 rings (SSSR count). The van der Waals surface area contributed by atoms with E-state index in [2.05, 4.69) is 20.3 Å². The minimum Gasteiger partial charge on any atom is -0.452 e. The Bertz CT molecular complexity index is 894. The summed E-state index contributed by atoms with van der Waals surface area (Å²) in [5.41, 5.74) is 2.23. The van der Waals surface area contributed by atoms with E-state index in [0.717, 1.165) is 18.5 Å². The highest BCUT2D eigenvalue weighted by Gasteiger charge is 2.29. The van der Waals surface area contributed by atoms with Crippen molar-refractivity contribution in [2.75, 3.05) is 0 Å². The van der Waals surface area contributed by atoms with Gasteiger partial charge in [-0.2, -0.15) is 0 Å². The molecule has 0 atom stereocenters. The van der Waals surface area contributed by atoms with Gasteiger partial charge in [0.1, 0.15) is 0 Å². The summed E-state index contributed by atoms with van der Waals surface area (Å²) in [6.07, 6.45) is 2.14. The topological polar surface area (TPSA) is 104 Å². The molecule has 1 saturated carbocycles. The molecule has 23 heavy (non-hydrogen) atoms. The molecule has 0 bridgehead atoms. The zero-order valence-corrected chi connectivity index (χ0v) is 12.7. The number of hydrogen-bond acceptors (Lipinski definition) is 8. The average Bonchev–Trinajstić information content (AvgIpc) is 3.22. The molecular formula is C15H14N4O4. The molecule has 1 aliphatic rings. The molecule has 0 amide bonds. The van der Waals surface area contributed by atoms with E-state index in [4.69, 9.17) is 13.7 Å². The molecule has 1 aliphatic carbocycles. The van der Waals surface area contributed by atoms with Gasteiger partial charge in [0.25, 0.3) is 11.6 Å². The van der Waals surface area contributed by atoms with Crippen LogP contribution in [0.3, 0.4) is 0 Å². The predicted molar refractivity (Wildman–Crippen MR) is 76.7 cm³/mol. The molecular weight excluding hydrogens is 300 g/mol. The van der Waals surface area contributed by atoms with Crippen molar-refractivity contribution in [3.8, 4) is 0 Å². The second-order valence-electron chi connectivity index (χ2n) is 5.61. The maximum atomic E-state index is 12.5. The first-order valence-electron chi connectivity index (χ1n) is 7.35. The number of fused-ring (bicyclic) bond motifs is 1. The Morgan fingerprint density at radius 1 is 1.35 bits per heavy atom. The largest absolute Gasteiger partial charge is 0.452 e. The number of rotatable bonds is 4. The smallest absolute Gasteiger partial charge is 0.339 e. The lowest BCUT2D eigenvalue weighted by molar-refractivity contribution is 0.0439. The standard InChI is InChI=1S/C15H14N4O4/c1-7-13-10(15(20)21-6-12-18-17-8(2)22-12)5-11(9-3-4-9)16-14(13)23-19-7/h5,9H,3-4,6H2,1-2H3. The van der Waals surface area contributed by atoms with Gasteiger partial charge in [0, 0.05) is 18.5 Å². The Morgan fingerprint density at radius 2 is 2.17 bits per heavy atom. The molecule has 8 heteroatoms. The number of carbonyl (C=O) groups is 1. The molecule has 0 unspecified atom stereocenters. The quantitative estimate of drug-likeness (QED) is 0.676. The normalized spacial score (nSPS) is 14.3. The highest BCUT2D eigenvalue weighted by Crippen LogP contribution is 2.40. The first-order valence-corrected chi connectivity index (χ1v) is 7.35. The van der Waals surface area contributed by atoms with Crippen LogP contribution in [0.15, 0.2) is 15.0 Å². The van der Waals surface area contributed by atoms with Crippen LogP contribution in [-0.2, 0) is 11.3 Å². The van der Waals surface area contributed by atoms with Crippen molar-refractivity contribution in [1.82, 2.24) is 20.3 Å². The molecule has 3 aromatic heterocycles. The third kappa shape index (κ3) is 2.56. The minimum absolute atomic E-state index is 0.0768. The number of esters is 1. The Balaban J connectivity index is 1.65. The molecule has 0 aliphatic heterocycles. The van der Waals surface area contributed by atoms with E-state index in [1.54, 1.807) is 19.9 Å². The van der Waals surface area contributed by atoms with Crippen LogP contribution < -0.4 is 0 Å².